The van der Waals surface area contributed by atoms with E-state index in [0.29, 0.717) is 0 Å². The van der Waals surface area contributed by atoms with Crippen molar-refractivity contribution in [2.45, 2.75) is 50.4 Å². The van der Waals surface area contributed by atoms with Crippen molar-refractivity contribution >= 4 is 11.3 Å². The Morgan fingerprint density at radius 3 is 2.61 bits per heavy atom. The lowest BCUT2D eigenvalue weighted by Crippen LogP contribution is -2.43. The summed E-state index contributed by atoms with van der Waals surface area (Å²) in [5.41, 5.74) is 0.127. The van der Waals surface area contributed by atoms with E-state index < -0.39 is 5.60 Å². The highest BCUT2D eigenvalue weighted by molar-refractivity contribution is 7.09. The van der Waals surface area contributed by atoms with Crippen LogP contribution < -0.4 is 0 Å². The molecule has 5 nitrogen and oxygen atoms in total. The van der Waals surface area contributed by atoms with Crippen LogP contribution in [0.15, 0.2) is 5.38 Å². The van der Waals surface area contributed by atoms with Gasteiger partial charge in [0.25, 0.3) is 0 Å². The molecule has 3 heterocycles. The van der Waals surface area contributed by atoms with E-state index in [0.717, 1.165) is 68.6 Å². The molecule has 1 aliphatic carbocycles. The van der Waals surface area contributed by atoms with Crippen LogP contribution in [0, 0.1) is 5.92 Å². The zero-order chi connectivity index (χ0) is 15.9. The summed E-state index contributed by atoms with van der Waals surface area (Å²) in [6, 6.07) is 0. The Bertz CT molecular complexity index is 538. The van der Waals surface area contributed by atoms with E-state index in [1.807, 2.05) is 5.38 Å². The monoisotopic (exact) mass is 337 g/mol. The van der Waals surface area contributed by atoms with Gasteiger partial charge in [-0.2, -0.15) is 0 Å². The van der Waals surface area contributed by atoms with Crippen LogP contribution in [0.4, 0.5) is 0 Å². The van der Waals surface area contributed by atoms with Gasteiger partial charge in [0, 0.05) is 38.1 Å². The first-order chi connectivity index (χ1) is 11.1. The summed E-state index contributed by atoms with van der Waals surface area (Å²) >= 11 is 1.64. The second kappa shape index (κ2) is 6.41. The van der Waals surface area contributed by atoms with Gasteiger partial charge in [-0.25, -0.2) is 4.98 Å². The average molecular weight is 337 g/mol. The Labute approximate surface area is 141 Å². The topological polar surface area (TPSA) is 59.8 Å². The SMILES string of the molecule is O[C@@H]1CCN(Cc2nc(C3(O)CCN(CC4CC4)CC3)cs2)C1. The van der Waals surface area contributed by atoms with Gasteiger partial charge in [-0.3, -0.25) is 4.90 Å². The van der Waals surface area contributed by atoms with Gasteiger partial charge in [-0.15, -0.1) is 11.3 Å². The number of likely N-dealkylation sites (tertiary alicyclic amines) is 2. The molecule has 0 spiro atoms. The maximum atomic E-state index is 11.0. The average Bonchev–Trinajstić information content (AvgIpc) is 3.05. The quantitative estimate of drug-likeness (QED) is 0.851. The van der Waals surface area contributed by atoms with Gasteiger partial charge in [0.05, 0.1) is 18.3 Å². The van der Waals surface area contributed by atoms with Crippen molar-refractivity contribution in [2.75, 3.05) is 32.7 Å². The Kier molecular flexibility index (Phi) is 4.45. The van der Waals surface area contributed by atoms with Crippen LogP contribution in [0.2, 0.25) is 0 Å². The Morgan fingerprint density at radius 1 is 1.17 bits per heavy atom. The van der Waals surface area contributed by atoms with Gasteiger partial charge in [0.1, 0.15) is 10.6 Å². The molecule has 128 valence electrons. The third kappa shape index (κ3) is 3.77. The summed E-state index contributed by atoms with van der Waals surface area (Å²) in [7, 11) is 0. The van der Waals surface area contributed by atoms with E-state index >= 15 is 0 Å². The minimum absolute atomic E-state index is 0.186. The highest BCUT2D eigenvalue weighted by atomic mass is 32.1. The maximum Gasteiger partial charge on any atom is 0.110 e. The van der Waals surface area contributed by atoms with Crippen LogP contribution in [-0.4, -0.2) is 63.8 Å². The van der Waals surface area contributed by atoms with E-state index in [1.54, 1.807) is 11.3 Å². The van der Waals surface area contributed by atoms with Crippen LogP contribution in [0.25, 0.3) is 0 Å². The lowest BCUT2D eigenvalue weighted by molar-refractivity contribution is -0.0298. The molecule has 0 aromatic carbocycles. The number of rotatable bonds is 5. The summed E-state index contributed by atoms with van der Waals surface area (Å²) in [5, 5.41) is 23.7. The predicted octanol–water partition coefficient (Wildman–Crippen LogP) is 1.40. The summed E-state index contributed by atoms with van der Waals surface area (Å²) in [5.74, 6) is 0.919. The van der Waals surface area contributed by atoms with E-state index in [1.165, 1.54) is 19.4 Å². The molecule has 1 saturated carbocycles. The fraction of sp³-hybridized carbons (Fsp3) is 0.824. The Balaban J connectivity index is 1.34. The zero-order valence-electron chi connectivity index (χ0n) is 13.7. The first-order valence-electron chi connectivity index (χ1n) is 8.91. The molecule has 6 heteroatoms. The highest BCUT2D eigenvalue weighted by Gasteiger charge is 2.37. The fourth-order valence-electron chi connectivity index (χ4n) is 3.77. The van der Waals surface area contributed by atoms with Gasteiger partial charge in [-0.1, -0.05) is 0 Å². The Morgan fingerprint density at radius 2 is 1.96 bits per heavy atom. The second-order valence-electron chi connectivity index (χ2n) is 7.58. The van der Waals surface area contributed by atoms with Crippen molar-refractivity contribution in [1.29, 1.82) is 0 Å². The van der Waals surface area contributed by atoms with Crippen LogP contribution >= 0.6 is 11.3 Å². The predicted molar refractivity (Wildman–Crippen MR) is 90.3 cm³/mol. The van der Waals surface area contributed by atoms with Crippen molar-refractivity contribution in [1.82, 2.24) is 14.8 Å². The van der Waals surface area contributed by atoms with Crippen molar-refractivity contribution in [3.05, 3.63) is 16.1 Å². The van der Waals surface area contributed by atoms with Crippen molar-refractivity contribution < 1.29 is 10.2 Å². The molecule has 1 aromatic heterocycles. The normalized spacial score (nSPS) is 29.2. The first kappa shape index (κ1) is 16.0. The first-order valence-corrected chi connectivity index (χ1v) is 9.79. The molecule has 3 aliphatic rings. The number of aliphatic hydroxyl groups is 2. The van der Waals surface area contributed by atoms with Crippen molar-refractivity contribution in [3.63, 3.8) is 0 Å². The third-order valence-electron chi connectivity index (χ3n) is 5.53. The number of aromatic nitrogens is 1. The summed E-state index contributed by atoms with van der Waals surface area (Å²) in [4.78, 5) is 9.47. The molecule has 1 aromatic rings. The maximum absolute atomic E-state index is 11.0. The third-order valence-corrected chi connectivity index (χ3v) is 6.37. The van der Waals surface area contributed by atoms with Crippen molar-refractivity contribution in [2.24, 2.45) is 5.92 Å². The molecular weight excluding hydrogens is 310 g/mol. The molecule has 3 fully saturated rings. The molecule has 4 rings (SSSR count). The molecule has 0 amide bonds. The number of hydrogen-bond donors (Lipinski definition) is 2. The zero-order valence-corrected chi connectivity index (χ0v) is 14.5. The van der Waals surface area contributed by atoms with Gasteiger partial charge in [0.2, 0.25) is 0 Å². The summed E-state index contributed by atoms with van der Waals surface area (Å²) in [6.45, 7) is 5.67. The standard InChI is InChI=1S/C17H27N3O2S/c21-14-3-6-20(10-14)11-16-18-15(12-23-16)17(22)4-7-19(8-5-17)9-13-1-2-13/h12-14,21-22H,1-11H2/t14-/m1/s1. The van der Waals surface area contributed by atoms with Gasteiger partial charge >= 0.3 is 0 Å². The number of nitrogens with zero attached hydrogens (tertiary/aromatic N) is 3. The minimum Gasteiger partial charge on any atom is -0.392 e. The van der Waals surface area contributed by atoms with Gasteiger partial charge in [0.15, 0.2) is 0 Å². The fourth-order valence-corrected chi connectivity index (χ4v) is 4.70. The molecule has 2 aliphatic heterocycles. The van der Waals surface area contributed by atoms with Gasteiger partial charge < -0.3 is 15.1 Å². The largest absolute Gasteiger partial charge is 0.392 e. The number of β-amino-alcohol motifs (C(OH)–C–C–N with tert-alkyl or cyclic N) is 1. The molecule has 23 heavy (non-hydrogen) atoms. The molecule has 0 unspecified atom stereocenters. The molecular formula is C17H27N3O2S. The van der Waals surface area contributed by atoms with Crippen LogP contribution in [0.1, 0.15) is 42.8 Å². The van der Waals surface area contributed by atoms with Crippen LogP contribution in [0.5, 0.6) is 0 Å². The summed E-state index contributed by atoms with van der Waals surface area (Å²) in [6.07, 6.45) is 5.05. The van der Waals surface area contributed by atoms with E-state index in [2.05, 4.69) is 9.80 Å². The lowest BCUT2D eigenvalue weighted by atomic mass is 9.88. The summed E-state index contributed by atoms with van der Waals surface area (Å²) < 4.78 is 0. The number of aliphatic hydroxyl groups excluding tert-OH is 1. The van der Waals surface area contributed by atoms with Crippen molar-refractivity contribution in [3.8, 4) is 0 Å². The second-order valence-corrected chi connectivity index (χ2v) is 8.52. The van der Waals surface area contributed by atoms with E-state index in [9.17, 15) is 10.2 Å². The van der Waals surface area contributed by atoms with Crippen LogP contribution in [-0.2, 0) is 12.1 Å². The minimum atomic E-state index is -0.737. The van der Waals surface area contributed by atoms with E-state index in [4.69, 9.17) is 4.98 Å². The molecule has 2 saturated heterocycles. The highest BCUT2D eigenvalue weighted by Crippen LogP contribution is 2.36. The number of hydrogen-bond acceptors (Lipinski definition) is 6. The Hall–Kier alpha value is -0.530. The van der Waals surface area contributed by atoms with E-state index in [-0.39, 0.29) is 6.10 Å². The lowest BCUT2D eigenvalue weighted by Gasteiger charge is -2.37. The van der Waals surface area contributed by atoms with Gasteiger partial charge in [-0.05, 0) is 38.0 Å². The number of piperidine rings is 1. The molecule has 0 radical (unpaired) electrons. The molecule has 0 bridgehead atoms. The molecule has 1 atom stereocenters. The number of thiazole rings is 1. The smallest absolute Gasteiger partial charge is 0.110 e. The van der Waals surface area contributed by atoms with Crippen LogP contribution in [0.3, 0.4) is 0 Å². The molecule has 2 N–H and O–H groups in total.